The van der Waals surface area contributed by atoms with Gasteiger partial charge in [0.15, 0.2) is 0 Å². The highest BCUT2D eigenvalue weighted by Gasteiger charge is 2.31. The Balaban J connectivity index is 0.00000220. The normalized spacial score (nSPS) is 20.5. The number of benzene rings is 1. The zero-order chi connectivity index (χ0) is 14.4. The van der Waals surface area contributed by atoms with E-state index in [0.717, 1.165) is 17.9 Å². The van der Waals surface area contributed by atoms with Crippen LogP contribution in [0.4, 0.5) is 0 Å². The van der Waals surface area contributed by atoms with Crippen LogP contribution in [0.25, 0.3) is 0 Å². The van der Waals surface area contributed by atoms with Crippen LogP contribution in [-0.2, 0) is 9.53 Å². The lowest BCUT2D eigenvalue weighted by Crippen LogP contribution is -2.31. The molecule has 1 aromatic rings. The molecule has 0 radical (unpaired) electrons. The van der Waals surface area contributed by atoms with Crippen LogP contribution < -0.4 is 14.8 Å². The number of nitrogens with one attached hydrogen (secondary N) is 1. The summed E-state index contributed by atoms with van der Waals surface area (Å²) < 4.78 is 16.1. The third-order valence-electron chi connectivity index (χ3n) is 3.18. The Morgan fingerprint density at radius 1 is 1.29 bits per heavy atom. The first-order chi connectivity index (χ1) is 9.72. The molecule has 0 amide bonds. The predicted octanol–water partition coefficient (Wildman–Crippen LogP) is 2.18. The van der Waals surface area contributed by atoms with Gasteiger partial charge in [0.05, 0.1) is 13.7 Å². The van der Waals surface area contributed by atoms with Crippen molar-refractivity contribution in [1.29, 1.82) is 0 Å². The Labute approximate surface area is 131 Å². The summed E-state index contributed by atoms with van der Waals surface area (Å²) in [6.45, 7) is 3.43. The van der Waals surface area contributed by atoms with Crippen molar-refractivity contribution in [2.45, 2.75) is 31.9 Å². The van der Waals surface area contributed by atoms with Crippen LogP contribution in [0, 0.1) is 0 Å². The van der Waals surface area contributed by atoms with E-state index in [1.807, 2.05) is 24.3 Å². The molecule has 2 rings (SSSR count). The Hall–Kier alpha value is -1.46. The number of esters is 1. The van der Waals surface area contributed by atoms with Gasteiger partial charge in [0.2, 0.25) is 0 Å². The minimum absolute atomic E-state index is 0. The Morgan fingerprint density at radius 3 is 2.57 bits per heavy atom. The lowest BCUT2D eigenvalue weighted by molar-refractivity contribution is -0.142. The molecule has 1 aliphatic rings. The standard InChI is InChI=1S/C15H21NO4.ClH/c1-3-8-19-11-4-6-12(7-5-11)20-13-9-14(16-10-13)15(17)18-2;/h4-7,13-14,16H,3,8-10H2,1-2H3;1H/t13-,14+;/m1./s1. The first kappa shape index (κ1) is 17.6. The van der Waals surface area contributed by atoms with Gasteiger partial charge in [-0.25, -0.2) is 0 Å². The summed E-state index contributed by atoms with van der Waals surface area (Å²) in [4.78, 5) is 11.4. The fourth-order valence-corrected chi connectivity index (χ4v) is 2.14. The molecule has 1 fully saturated rings. The maximum atomic E-state index is 11.4. The van der Waals surface area contributed by atoms with E-state index >= 15 is 0 Å². The maximum absolute atomic E-state index is 11.4. The van der Waals surface area contributed by atoms with E-state index in [4.69, 9.17) is 14.2 Å². The zero-order valence-electron chi connectivity index (χ0n) is 12.3. The van der Waals surface area contributed by atoms with Crippen LogP contribution in [0.2, 0.25) is 0 Å². The van der Waals surface area contributed by atoms with Gasteiger partial charge in [-0.2, -0.15) is 0 Å². The van der Waals surface area contributed by atoms with Crippen molar-refractivity contribution in [2.24, 2.45) is 0 Å². The molecular weight excluding hydrogens is 294 g/mol. The molecule has 0 bridgehead atoms. The summed E-state index contributed by atoms with van der Waals surface area (Å²) in [6.07, 6.45) is 1.60. The maximum Gasteiger partial charge on any atom is 0.323 e. The summed E-state index contributed by atoms with van der Waals surface area (Å²) in [5, 5.41) is 3.09. The summed E-state index contributed by atoms with van der Waals surface area (Å²) in [6, 6.07) is 7.29. The van der Waals surface area contributed by atoms with Crippen molar-refractivity contribution >= 4 is 18.4 Å². The van der Waals surface area contributed by atoms with E-state index in [1.165, 1.54) is 7.11 Å². The van der Waals surface area contributed by atoms with Gasteiger partial charge >= 0.3 is 5.97 Å². The third kappa shape index (κ3) is 5.10. The van der Waals surface area contributed by atoms with Gasteiger partial charge in [-0.15, -0.1) is 12.4 Å². The number of hydrogen-bond acceptors (Lipinski definition) is 5. The molecule has 0 aliphatic carbocycles. The zero-order valence-corrected chi connectivity index (χ0v) is 13.2. The van der Waals surface area contributed by atoms with Crippen LogP contribution in [-0.4, -0.2) is 38.4 Å². The van der Waals surface area contributed by atoms with Gasteiger partial charge in [0.1, 0.15) is 23.6 Å². The van der Waals surface area contributed by atoms with E-state index in [0.29, 0.717) is 19.6 Å². The van der Waals surface area contributed by atoms with Gasteiger partial charge in [-0.3, -0.25) is 4.79 Å². The van der Waals surface area contributed by atoms with E-state index in [2.05, 4.69) is 12.2 Å². The minimum atomic E-state index is -0.267. The number of halogens is 1. The van der Waals surface area contributed by atoms with Crippen LogP contribution in [0.1, 0.15) is 19.8 Å². The molecule has 21 heavy (non-hydrogen) atoms. The summed E-state index contributed by atoms with van der Waals surface area (Å²) in [5.74, 6) is 1.39. The smallest absolute Gasteiger partial charge is 0.323 e. The predicted molar refractivity (Wildman–Crippen MR) is 82.3 cm³/mol. The molecule has 5 nitrogen and oxygen atoms in total. The Morgan fingerprint density at radius 2 is 1.95 bits per heavy atom. The molecule has 1 aromatic carbocycles. The van der Waals surface area contributed by atoms with Gasteiger partial charge < -0.3 is 19.5 Å². The highest BCUT2D eigenvalue weighted by Crippen LogP contribution is 2.21. The molecule has 2 atom stereocenters. The fraction of sp³-hybridized carbons (Fsp3) is 0.533. The highest BCUT2D eigenvalue weighted by molar-refractivity contribution is 5.85. The minimum Gasteiger partial charge on any atom is -0.494 e. The van der Waals surface area contributed by atoms with Gasteiger partial charge in [0, 0.05) is 13.0 Å². The molecule has 6 heteroatoms. The summed E-state index contributed by atoms with van der Waals surface area (Å²) in [5.41, 5.74) is 0. The Kier molecular flexibility index (Phi) is 7.32. The van der Waals surface area contributed by atoms with E-state index in [1.54, 1.807) is 0 Å². The molecular formula is C15H22ClNO4. The summed E-state index contributed by atoms with van der Waals surface area (Å²) in [7, 11) is 1.40. The van der Waals surface area contributed by atoms with Crippen molar-refractivity contribution < 1.29 is 19.0 Å². The molecule has 1 saturated heterocycles. The lowest BCUT2D eigenvalue weighted by Gasteiger charge is -2.13. The van der Waals surface area contributed by atoms with Crippen LogP contribution in [0.3, 0.4) is 0 Å². The van der Waals surface area contributed by atoms with Crippen LogP contribution in [0.5, 0.6) is 11.5 Å². The molecule has 1 aliphatic heterocycles. The molecule has 118 valence electrons. The number of hydrogen-bond donors (Lipinski definition) is 1. The number of ether oxygens (including phenoxy) is 3. The molecule has 0 saturated carbocycles. The topological polar surface area (TPSA) is 56.8 Å². The molecule has 1 heterocycles. The molecule has 0 aromatic heterocycles. The molecule has 0 unspecified atom stereocenters. The monoisotopic (exact) mass is 315 g/mol. The average Bonchev–Trinajstić information content (AvgIpc) is 2.94. The van der Waals surface area contributed by atoms with Crippen molar-refractivity contribution in [3.8, 4) is 11.5 Å². The lowest BCUT2D eigenvalue weighted by atomic mass is 10.2. The molecule has 0 spiro atoms. The van der Waals surface area contributed by atoms with Gasteiger partial charge in [-0.05, 0) is 30.7 Å². The highest BCUT2D eigenvalue weighted by atomic mass is 35.5. The quantitative estimate of drug-likeness (QED) is 0.815. The second-order valence-electron chi connectivity index (χ2n) is 4.78. The SMILES string of the molecule is CCCOc1ccc(O[C@H]2CN[C@H](C(=O)OC)C2)cc1.Cl. The average molecular weight is 316 g/mol. The number of methoxy groups -OCH3 is 1. The second-order valence-corrected chi connectivity index (χ2v) is 4.78. The van der Waals surface area contributed by atoms with Crippen LogP contribution in [0.15, 0.2) is 24.3 Å². The third-order valence-corrected chi connectivity index (χ3v) is 3.18. The van der Waals surface area contributed by atoms with E-state index in [9.17, 15) is 4.79 Å². The van der Waals surface area contributed by atoms with E-state index < -0.39 is 0 Å². The number of rotatable bonds is 6. The molecule has 1 N–H and O–H groups in total. The first-order valence-electron chi connectivity index (χ1n) is 6.93. The van der Waals surface area contributed by atoms with Gasteiger partial charge in [0.25, 0.3) is 0 Å². The first-order valence-corrected chi connectivity index (χ1v) is 6.93. The fourth-order valence-electron chi connectivity index (χ4n) is 2.14. The van der Waals surface area contributed by atoms with Crippen molar-refractivity contribution in [3.05, 3.63) is 24.3 Å². The van der Waals surface area contributed by atoms with E-state index in [-0.39, 0.29) is 30.5 Å². The van der Waals surface area contributed by atoms with Crippen molar-refractivity contribution in [2.75, 3.05) is 20.3 Å². The number of carbonyl (C=O) groups excluding carboxylic acids is 1. The van der Waals surface area contributed by atoms with Crippen molar-refractivity contribution in [3.63, 3.8) is 0 Å². The second kappa shape index (κ2) is 8.74. The Bertz CT molecular complexity index is 438. The summed E-state index contributed by atoms with van der Waals surface area (Å²) >= 11 is 0. The largest absolute Gasteiger partial charge is 0.494 e. The van der Waals surface area contributed by atoms with Crippen LogP contribution >= 0.6 is 12.4 Å². The van der Waals surface area contributed by atoms with Gasteiger partial charge in [-0.1, -0.05) is 6.92 Å². The number of carbonyl (C=O) groups is 1. The van der Waals surface area contributed by atoms with Crippen molar-refractivity contribution in [1.82, 2.24) is 5.32 Å².